The molecule has 2 aliphatic carbocycles. The van der Waals surface area contributed by atoms with Gasteiger partial charge < -0.3 is 14.7 Å². The Morgan fingerprint density at radius 1 is 1.13 bits per heavy atom. The van der Waals surface area contributed by atoms with Crippen LogP contribution < -0.4 is 0 Å². The molecule has 3 rings (SSSR count). The van der Waals surface area contributed by atoms with Crippen molar-refractivity contribution in [3.05, 3.63) is 0 Å². The normalized spacial score (nSPS) is 44.6. The molecule has 0 amide bonds. The Morgan fingerprint density at radius 2 is 1.78 bits per heavy atom. The lowest BCUT2D eigenvalue weighted by Crippen LogP contribution is -2.44. The van der Waals surface area contributed by atoms with E-state index in [9.17, 15) is 5.11 Å². The SMILES string of the molecule is CC1CC(C)CN(CC(O)COC2CC3CCC2(C)C3(C)C)C1. The molecule has 0 radical (unpaired) electrons. The van der Waals surface area contributed by atoms with E-state index in [0.717, 1.165) is 37.4 Å². The molecular formula is C20H37NO2. The first-order valence-electron chi connectivity index (χ1n) is 9.74. The van der Waals surface area contributed by atoms with Crippen molar-refractivity contribution in [2.24, 2.45) is 28.6 Å². The Balaban J connectivity index is 1.48. The highest BCUT2D eigenvalue weighted by molar-refractivity contribution is 5.11. The van der Waals surface area contributed by atoms with E-state index in [4.69, 9.17) is 4.74 Å². The molecule has 0 aromatic heterocycles. The lowest BCUT2D eigenvalue weighted by molar-refractivity contribution is -0.0813. The van der Waals surface area contributed by atoms with E-state index in [1.54, 1.807) is 0 Å². The van der Waals surface area contributed by atoms with E-state index in [-0.39, 0.29) is 6.10 Å². The third-order valence-electron chi connectivity index (χ3n) is 7.62. The number of aliphatic hydroxyl groups is 1. The van der Waals surface area contributed by atoms with Crippen molar-refractivity contribution >= 4 is 0 Å². The molecule has 1 N–H and O–H groups in total. The lowest BCUT2D eigenvalue weighted by Gasteiger charge is -2.39. The van der Waals surface area contributed by atoms with Crippen molar-refractivity contribution < 1.29 is 9.84 Å². The van der Waals surface area contributed by atoms with Gasteiger partial charge in [0.2, 0.25) is 0 Å². The van der Waals surface area contributed by atoms with Crippen LogP contribution in [0.2, 0.25) is 0 Å². The zero-order chi connectivity index (χ0) is 16.8. The van der Waals surface area contributed by atoms with Gasteiger partial charge in [0.15, 0.2) is 0 Å². The molecule has 1 saturated heterocycles. The van der Waals surface area contributed by atoms with Gasteiger partial charge in [-0.05, 0) is 54.3 Å². The molecule has 3 heteroatoms. The third kappa shape index (κ3) is 3.21. The Kier molecular flexibility index (Phi) is 4.85. The number of β-amino-alcohol motifs (C(OH)–C–C–N with tert-alkyl or cyclic N) is 1. The maximum atomic E-state index is 10.5. The van der Waals surface area contributed by atoms with Gasteiger partial charge in [-0.15, -0.1) is 0 Å². The van der Waals surface area contributed by atoms with Crippen molar-refractivity contribution in [2.45, 2.75) is 72.5 Å². The largest absolute Gasteiger partial charge is 0.389 e. The van der Waals surface area contributed by atoms with E-state index >= 15 is 0 Å². The number of rotatable bonds is 5. The monoisotopic (exact) mass is 323 g/mol. The van der Waals surface area contributed by atoms with Gasteiger partial charge >= 0.3 is 0 Å². The van der Waals surface area contributed by atoms with Crippen LogP contribution in [-0.2, 0) is 4.74 Å². The molecule has 23 heavy (non-hydrogen) atoms. The molecule has 3 nitrogen and oxygen atoms in total. The van der Waals surface area contributed by atoms with Crippen molar-refractivity contribution in [1.82, 2.24) is 4.90 Å². The molecule has 3 fully saturated rings. The van der Waals surface area contributed by atoms with Gasteiger partial charge in [0.25, 0.3) is 0 Å². The molecular weight excluding hydrogens is 286 g/mol. The predicted octanol–water partition coefficient (Wildman–Crippen LogP) is 3.56. The molecule has 134 valence electrons. The highest BCUT2D eigenvalue weighted by Crippen LogP contribution is 2.66. The summed E-state index contributed by atoms with van der Waals surface area (Å²) in [6, 6.07) is 0. The summed E-state index contributed by atoms with van der Waals surface area (Å²) in [7, 11) is 0. The van der Waals surface area contributed by atoms with Gasteiger partial charge in [0, 0.05) is 19.6 Å². The van der Waals surface area contributed by atoms with Crippen LogP contribution in [-0.4, -0.2) is 48.5 Å². The number of fused-ring (bicyclic) bond motifs is 2. The first kappa shape index (κ1) is 17.7. The predicted molar refractivity (Wildman–Crippen MR) is 94.4 cm³/mol. The second-order valence-electron chi connectivity index (χ2n) is 9.75. The summed E-state index contributed by atoms with van der Waals surface area (Å²) < 4.78 is 6.26. The number of likely N-dealkylation sites (tertiary alicyclic amines) is 1. The van der Waals surface area contributed by atoms with E-state index in [2.05, 4.69) is 39.5 Å². The van der Waals surface area contributed by atoms with Crippen LogP contribution in [0.4, 0.5) is 0 Å². The summed E-state index contributed by atoms with van der Waals surface area (Å²) in [5.41, 5.74) is 0.686. The third-order valence-corrected chi connectivity index (χ3v) is 7.62. The van der Waals surface area contributed by atoms with Gasteiger partial charge in [-0.1, -0.05) is 34.6 Å². The molecule has 0 aromatic rings. The Bertz CT molecular complexity index is 414. The minimum absolute atomic E-state index is 0.297. The van der Waals surface area contributed by atoms with Gasteiger partial charge in [-0.3, -0.25) is 0 Å². The minimum Gasteiger partial charge on any atom is -0.389 e. The van der Waals surface area contributed by atoms with E-state index in [1.165, 1.54) is 25.7 Å². The molecule has 0 spiro atoms. The van der Waals surface area contributed by atoms with Crippen LogP contribution in [0, 0.1) is 28.6 Å². The van der Waals surface area contributed by atoms with Crippen LogP contribution in [0.15, 0.2) is 0 Å². The van der Waals surface area contributed by atoms with Crippen LogP contribution in [0.5, 0.6) is 0 Å². The molecule has 3 aliphatic rings. The van der Waals surface area contributed by atoms with Crippen LogP contribution in [0.25, 0.3) is 0 Å². The van der Waals surface area contributed by atoms with E-state index in [0.29, 0.717) is 23.5 Å². The van der Waals surface area contributed by atoms with Crippen molar-refractivity contribution in [3.8, 4) is 0 Å². The second kappa shape index (κ2) is 6.31. The van der Waals surface area contributed by atoms with Crippen molar-refractivity contribution in [1.29, 1.82) is 0 Å². The molecule has 6 unspecified atom stereocenters. The molecule has 2 saturated carbocycles. The number of aliphatic hydroxyl groups excluding tert-OH is 1. The maximum absolute atomic E-state index is 10.5. The smallest absolute Gasteiger partial charge is 0.0900 e. The Labute approximate surface area is 142 Å². The van der Waals surface area contributed by atoms with Crippen molar-refractivity contribution in [3.63, 3.8) is 0 Å². The number of ether oxygens (including phenoxy) is 1. The topological polar surface area (TPSA) is 32.7 Å². The first-order chi connectivity index (χ1) is 10.7. The molecule has 2 bridgehead atoms. The molecule has 0 aromatic carbocycles. The number of hydrogen-bond acceptors (Lipinski definition) is 3. The van der Waals surface area contributed by atoms with Gasteiger partial charge in [-0.25, -0.2) is 0 Å². The maximum Gasteiger partial charge on any atom is 0.0900 e. The summed E-state index contributed by atoms with van der Waals surface area (Å²) in [4.78, 5) is 2.43. The first-order valence-corrected chi connectivity index (χ1v) is 9.74. The highest BCUT2D eigenvalue weighted by atomic mass is 16.5. The summed E-state index contributed by atoms with van der Waals surface area (Å²) in [5.74, 6) is 2.30. The second-order valence-corrected chi connectivity index (χ2v) is 9.75. The van der Waals surface area contributed by atoms with Crippen LogP contribution in [0.1, 0.15) is 60.3 Å². The van der Waals surface area contributed by atoms with Gasteiger partial charge in [0.05, 0.1) is 18.8 Å². The summed E-state index contributed by atoms with van der Waals surface area (Å²) in [6.07, 6.45) is 5.14. The van der Waals surface area contributed by atoms with Crippen LogP contribution in [0.3, 0.4) is 0 Å². The zero-order valence-electron chi connectivity index (χ0n) is 15.8. The van der Waals surface area contributed by atoms with Gasteiger partial charge in [-0.2, -0.15) is 0 Å². The average molecular weight is 324 g/mol. The summed E-state index contributed by atoms with van der Waals surface area (Å²) in [6.45, 7) is 15.4. The van der Waals surface area contributed by atoms with Gasteiger partial charge in [0.1, 0.15) is 0 Å². The quantitative estimate of drug-likeness (QED) is 0.840. The van der Waals surface area contributed by atoms with Crippen LogP contribution >= 0.6 is 0 Å². The number of nitrogens with zero attached hydrogens (tertiary/aromatic N) is 1. The fourth-order valence-corrected chi connectivity index (χ4v) is 5.90. The Morgan fingerprint density at radius 3 is 2.30 bits per heavy atom. The average Bonchev–Trinajstić information content (AvgIpc) is 2.76. The fourth-order valence-electron chi connectivity index (χ4n) is 5.90. The van der Waals surface area contributed by atoms with E-state index in [1.807, 2.05) is 0 Å². The fraction of sp³-hybridized carbons (Fsp3) is 1.00. The summed E-state index contributed by atoms with van der Waals surface area (Å²) >= 11 is 0. The standard InChI is InChI=1S/C20H37NO2/c1-14-8-15(2)11-21(10-14)12-17(22)13-23-18-9-16-6-7-20(18,5)19(16,3)4/h14-18,22H,6-13H2,1-5H3. The number of piperidine rings is 1. The van der Waals surface area contributed by atoms with Crippen molar-refractivity contribution in [2.75, 3.05) is 26.2 Å². The summed E-state index contributed by atoms with van der Waals surface area (Å²) in [5, 5.41) is 10.5. The number of hydrogen-bond donors (Lipinski definition) is 1. The molecule has 6 atom stereocenters. The molecule has 1 aliphatic heterocycles. The van der Waals surface area contributed by atoms with E-state index < -0.39 is 0 Å². The zero-order valence-corrected chi connectivity index (χ0v) is 15.8. The molecule has 1 heterocycles. The Hall–Kier alpha value is -0.120. The highest BCUT2D eigenvalue weighted by Gasteiger charge is 2.61. The lowest BCUT2D eigenvalue weighted by atomic mass is 9.70. The minimum atomic E-state index is -0.349.